The number of nitrogens with zero attached hydrogens (tertiary/aromatic N) is 2. The summed E-state index contributed by atoms with van der Waals surface area (Å²) >= 11 is 12.4. The number of aromatic nitrogens is 2. The highest BCUT2D eigenvalue weighted by atomic mass is 35.5. The molecule has 26 heavy (non-hydrogen) atoms. The zero-order valence-corrected chi connectivity index (χ0v) is 16.0. The predicted molar refractivity (Wildman–Crippen MR) is 102 cm³/mol. The molecule has 2 atom stereocenters. The van der Waals surface area contributed by atoms with Crippen molar-refractivity contribution in [1.82, 2.24) is 15.5 Å². The first-order valence-electron chi connectivity index (χ1n) is 8.24. The lowest BCUT2D eigenvalue weighted by molar-refractivity contribution is 0.193. The van der Waals surface area contributed by atoms with E-state index < -0.39 is 6.10 Å². The van der Waals surface area contributed by atoms with E-state index in [-0.39, 0.29) is 6.04 Å². The van der Waals surface area contributed by atoms with Gasteiger partial charge in [0, 0.05) is 18.0 Å². The monoisotopic (exact) mass is 391 g/mol. The minimum Gasteiger partial charge on any atom is -0.474 e. The predicted octanol–water partition coefficient (Wildman–Crippen LogP) is 4.70. The van der Waals surface area contributed by atoms with Crippen LogP contribution in [0.4, 0.5) is 0 Å². The molecular weight excluding hydrogens is 373 g/mol. The Morgan fingerprint density at radius 3 is 2.62 bits per heavy atom. The maximum Gasteiger partial charge on any atom is 0.272 e. The number of nitrogens with one attached hydrogen (secondary N) is 1. The molecule has 0 saturated heterocycles. The van der Waals surface area contributed by atoms with E-state index in [9.17, 15) is 0 Å². The molecule has 3 rings (SSSR count). The van der Waals surface area contributed by atoms with E-state index in [1.165, 1.54) is 0 Å². The summed E-state index contributed by atoms with van der Waals surface area (Å²) < 4.78 is 11.6. The maximum atomic E-state index is 6.27. The zero-order valence-electron chi connectivity index (χ0n) is 14.4. The van der Waals surface area contributed by atoms with Gasteiger partial charge in [0.05, 0.1) is 5.02 Å². The van der Waals surface area contributed by atoms with Crippen LogP contribution in [0.1, 0.15) is 30.3 Å². The normalized spacial score (nSPS) is 13.4. The van der Waals surface area contributed by atoms with E-state index in [4.69, 9.17) is 32.5 Å². The van der Waals surface area contributed by atoms with E-state index in [0.29, 0.717) is 33.9 Å². The van der Waals surface area contributed by atoms with Crippen LogP contribution in [0.5, 0.6) is 5.75 Å². The molecule has 0 radical (unpaired) electrons. The van der Waals surface area contributed by atoms with Crippen molar-refractivity contribution in [1.29, 1.82) is 0 Å². The van der Waals surface area contributed by atoms with Crippen molar-refractivity contribution in [2.75, 3.05) is 7.05 Å². The second-order valence-corrected chi connectivity index (χ2v) is 6.69. The Bertz CT molecular complexity index is 855. The first-order valence-corrected chi connectivity index (χ1v) is 8.99. The zero-order chi connectivity index (χ0) is 18.5. The largest absolute Gasteiger partial charge is 0.474 e. The Balaban J connectivity index is 1.93. The minimum absolute atomic E-state index is 0.235. The fraction of sp³-hybridized carbons (Fsp3) is 0.263. The fourth-order valence-electron chi connectivity index (χ4n) is 2.42. The van der Waals surface area contributed by atoms with E-state index in [2.05, 4.69) is 15.5 Å². The molecule has 0 aliphatic heterocycles. The molecule has 0 aliphatic rings. The fourth-order valence-corrected chi connectivity index (χ4v) is 2.76. The average Bonchev–Trinajstić information content (AvgIpc) is 3.11. The van der Waals surface area contributed by atoms with Crippen LogP contribution in [0.3, 0.4) is 0 Å². The lowest BCUT2D eigenvalue weighted by Crippen LogP contribution is -2.24. The SMILES string of the molecule is CNC(C)Cc1noc(C(Oc2cccc(Cl)c2Cl)c2ccccc2)n1. The van der Waals surface area contributed by atoms with Crippen LogP contribution in [0, 0.1) is 0 Å². The molecule has 2 aromatic carbocycles. The van der Waals surface area contributed by atoms with E-state index in [1.807, 2.05) is 44.3 Å². The van der Waals surface area contributed by atoms with E-state index >= 15 is 0 Å². The third-order valence-corrected chi connectivity index (χ3v) is 4.75. The Labute approximate surface area is 162 Å². The van der Waals surface area contributed by atoms with Crippen molar-refractivity contribution in [3.63, 3.8) is 0 Å². The van der Waals surface area contributed by atoms with Gasteiger partial charge in [0.1, 0.15) is 10.8 Å². The van der Waals surface area contributed by atoms with Gasteiger partial charge in [0.15, 0.2) is 5.82 Å². The Morgan fingerprint density at radius 2 is 1.88 bits per heavy atom. The van der Waals surface area contributed by atoms with Gasteiger partial charge in [-0.1, -0.05) is 64.8 Å². The van der Waals surface area contributed by atoms with E-state index in [0.717, 1.165) is 5.56 Å². The van der Waals surface area contributed by atoms with Crippen LogP contribution >= 0.6 is 23.2 Å². The number of ether oxygens (including phenoxy) is 1. The third-order valence-electron chi connectivity index (χ3n) is 3.95. The van der Waals surface area contributed by atoms with Gasteiger partial charge in [-0.25, -0.2) is 0 Å². The lowest BCUT2D eigenvalue weighted by Gasteiger charge is -2.17. The standard InChI is InChI=1S/C19H19Cl2N3O2/c1-12(22-2)11-16-23-19(26-24-16)18(13-7-4-3-5-8-13)25-15-10-6-9-14(20)17(15)21/h3-10,12,18,22H,11H2,1-2H3. The molecule has 0 saturated carbocycles. The van der Waals surface area contributed by atoms with Crippen molar-refractivity contribution >= 4 is 23.2 Å². The van der Waals surface area contributed by atoms with Gasteiger partial charge in [0.25, 0.3) is 5.89 Å². The van der Waals surface area contributed by atoms with Crippen molar-refractivity contribution in [2.45, 2.75) is 25.5 Å². The lowest BCUT2D eigenvalue weighted by atomic mass is 10.1. The highest BCUT2D eigenvalue weighted by molar-refractivity contribution is 6.42. The topological polar surface area (TPSA) is 60.2 Å². The summed E-state index contributed by atoms with van der Waals surface area (Å²) in [7, 11) is 1.89. The second-order valence-electron chi connectivity index (χ2n) is 5.90. The molecule has 136 valence electrons. The van der Waals surface area contributed by atoms with Crippen LogP contribution in [0.2, 0.25) is 10.0 Å². The summed E-state index contributed by atoms with van der Waals surface area (Å²) in [6, 6.07) is 15.1. The van der Waals surface area contributed by atoms with Crippen LogP contribution in [0.15, 0.2) is 53.1 Å². The van der Waals surface area contributed by atoms with Gasteiger partial charge in [0.2, 0.25) is 6.10 Å². The number of halogens is 2. The van der Waals surface area contributed by atoms with Crippen molar-refractivity contribution in [2.24, 2.45) is 0 Å². The Kier molecular flexibility index (Phi) is 6.14. The van der Waals surface area contributed by atoms with Crippen LogP contribution in [-0.2, 0) is 6.42 Å². The molecule has 1 aromatic heterocycles. The smallest absolute Gasteiger partial charge is 0.272 e. The summed E-state index contributed by atoms with van der Waals surface area (Å²) in [5, 5.41) is 7.99. The van der Waals surface area contributed by atoms with Crippen molar-refractivity contribution < 1.29 is 9.26 Å². The summed E-state index contributed by atoms with van der Waals surface area (Å²) in [6.07, 6.45) is 0.0673. The summed E-state index contributed by atoms with van der Waals surface area (Å²) in [6.45, 7) is 2.05. The summed E-state index contributed by atoms with van der Waals surface area (Å²) in [4.78, 5) is 4.50. The van der Waals surface area contributed by atoms with Gasteiger partial charge in [-0.05, 0) is 26.1 Å². The highest BCUT2D eigenvalue weighted by Crippen LogP contribution is 2.36. The van der Waals surface area contributed by atoms with Gasteiger partial charge in [-0.15, -0.1) is 0 Å². The summed E-state index contributed by atoms with van der Waals surface area (Å²) in [5.41, 5.74) is 0.875. The van der Waals surface area contributed by atoms with Gasteiger partial charge in [-0.3, -0.25) is 0 Å². The molecule has 3 aromatic rings. The molecule has 0 bridgehead atoms. The molecule has 7 heteroatoms. The Hall–Kier alpha value is -2.08. The maximum absolute atomic E-state index is 6.27. The molecule has 1 N–H and O–H groups in total. The van der Waals surface area contributed by atoms with E-state index in [1.54, 1.807) is 18.2 Å². The number of rotatable bonds is 7. The molecule has 0 aliphatic carbocycles. The van der Waals surface area contributed by atoms with Crippen molar-refractivity contribution in [3.05, 3.63) is 75.9 Å². The molecule has 2 unspecified atom stereocenters. The second kappa shape index (κ2) is 8.54. The number of benzene rings is 2. The van der Waals surface area contributed by atoms with Crippen LogP contribution < -0.4 is 10.1 Å². The number of likely N-dealkylation sites (N-methyl/N-ethyl adjacent to an activating group) is 1. The van der Waals surface area contributed by atoms with Gasteiger partial charge in [-0.2, -0.15) is 4.98 Å². The average molecular weight is 392 g/mol. The first-order chi connectivity index (χ1) is 12.6. The third kappa shape index (κ3) is 4.36. The van der Waals surface area contributed by atoms with Crippen LogP contribution in [0.25, 0.3) is 0 Å². The molecule has 0 amide bonds. The number of hydrogen-bond acceptors (Lipinski definition) is 5. The number of hydrogen-bond donors (Lipinski definition) is 1. The highest BCUT2D eigenvalue weighted by Gasteiger charge is 2.25. The minimum atomic E-state index is -0.585. The molecule has 5 nitrogen and oxygen atoms in total. The molecular formula is C19H19Cl2N3O2. The van der Waals surface area contributed by atoms with Gasteiger partial charge < -0.3 is 14.6 Å². The first kappa shape index (κ1) is 18.7. The van der Waals surface area contributed by atoms with Crippen LogP contribution in [-0.4, -0.2) is 23.2 Å². The quantitative estimate of drug-likeness (QED) is 0.632. The molecule has 0 fully saturated rings. The van der Waals surface area contributed by atoms with Crippen molar-refractivity contribution in [3.8, 4) is 5.75 Å². The Morgan fingerprint density at radius 1 is 1.12 bits per heavy atom. The van der Waals surface area contributed by atoms with Gasteiger partial charge >= 0.3 is 0 Å². The summed E-state index contributed by atoms with van der Waals surface area (Å²) in [5.74, 6) is 1.44. The molecule has 1 heterocycles. The molecule has 0 spiro atoms.